The second-order valence-electron chi connectivity index (χ2n) is 10.7. The number of halogens is 5. The number of carbonyl (C=O) groups excluding carboxylic acids is 1. The van der Waals surface area contributed by atoms with E-state index >= 15 is 0 Å². The number of nitrogens with zero attached hydrogens (tertiary/aromatic N) is 2. The lowest BCUT2D eigenvalue weighted by Crippen LogP contribution is -2.44. The Morgan fingerprint density at radius 3 is 2.67 bits per heavy atom. The first kappa shape index (κ1) is 29.8. The Morgan fingerprint density at radius 1 is 1.05 bits per heavy atom. The average Bonchev–Trinajstić information content (AvgIpc) is 3.59. The topological polar surface area (TPSA) is 63.7 Å². The van der Waals surface area contributed by atoms with E-state index in [0.29, 0.717) is 22.6 Å². The quantitative estimate of drug-likeness (QED) is 0.172. The van der Waals surface area contributed by atoms with Crippen molar-refractivity contribution in [3.05, 3.63) is 84.3 Å². The van der Waals surface area contributed by atoms with Gasteiger partial charge in [0, 0.05) is 36.4 Å². The molecule has 3 heterocycles. The van der Waals surface area contributed by atoms with Gasteiger partial charge in [-0.05, 0) is 61.4 Å². The van der Waals surface area contributed by atoms with Gasteiger partial charge in [-0.3, -0.25) is 4.79 Å². The van der Waals surface area contributed by atoms with Crippen LogP contribution in [-0.2, 0) is 22.7 Å². The summed E-state index contributed by atoms with van der Waals surface area (Å²) in [5.41, 5.74) is 2.69. The van der Waals surface area contributed by atoms with Crippen molar-refractivity contribution in [1.29, 1.82) is 0 Å². The van der Waals surface area contributed by atoms with Gasteiger partial charge >= 0.3 is 0 Å². The zero-order valence-corrected chi connectivity index (χ0v) is 25.6. The van der Waals surface area contributed by atoms with Crippen molar-refractivity contribution in [3.63, 3.8) is 0 Å². The summed E-state index contributed by atoms with van der Waals surface area (Å²) in [4.78, 5) is 21.7. The van der Waals surface area contributed by atoms with Crippen LogP contribution in [0.15, 0.2) is 42.1 Å². The van der Waals surface area contributed by atoms with Crippen LogP contribution < -0.4 is 10.1 Å². The zero-order valence-electron chi connectivity index (χ0n) is 22.5. The molecule has 2 aliphatic heterocycles. The number of amides is 1. The summed E-state index contributed by atoms with van der Waals surface area (Å²) in [5.74, 6) is -1.79. The smallest absolute Gasteiger partial charge is 0.252 e. The lowest BCUT2D eigenvalue weighted by molar-refractivity contribution is -0.128. The first-order chi connectivity index (χ1) is 20.3. The number of rotatable bonds is 11. The van der Waals surface area contributed by atoms with E-state index in [1.54, 1.807) is 6.07 Å². The normalized spacial score (nSPS) is 19.8. The Labute approximate surface area is 261 Å². The number of hydrogen-bond donors (Lipinski definition) is 1. The molecule has 12 heteroatoms. The molecule has 2 fully saturated rings. The molecule has 2 aromatic carbocycles. The van der Waals surface area contributed by atoms with E-state index in [-0.39, 0.29) is 43.6 Å². The number of hydrogen-bond acceptors (Lipinski definition) is 6. The van der Waals surface area contributed by atoms with E-state index in [4.69, 9.17) is 44.3 Å². The third-order valence-electron chi connectivity index (χ3n) is 7.77. The Bertz CT molecular complexity index is 1530. The van der Waals surface area contributed by atoms with Crippen LogP contribution in [0, 0.1) is 11.6 Å². The fraction of sp³-hybridized carbons (Fsp3) is 0.400. The molecule has 1 amide bonds. The van der Waals surface area contributed by atoms with Crippen LogP contribution in [0.25, 0.3) is 5.57 Å². The van der Waals surface area contributed by atoms with Crippen molar-refractivity contribution in [3.8, 4) is 5.75 Å². The molecule has 1 saturated carbocycles. The van der Waals surface area contributed by atoms with Crippen LogP contribution in [0.3, 0.4) is 0 Å². The highest BCUT2D eigenvalue weighted by Crippen LogP contribution is 2.42. The molecule has 2 bridgehead atoms. The van der Waals surface area contributed by atoms with Crippen LogP contribution in [0.4, 0.5) is 8.78 Å². The van der Waals surface area contributed by atoms with Gasteiger partial charge < -0.3 is 19.7 Å². The lowest BCUT2D eigenvalue weighted by Gasteiger charge is -2.31. The minimum Gasteiger partial charge on any atom is -0.486 e. The number of nitrogens with one attached hydrogen (secondary N) is 1. The minimum absolute atomic E-state index is 0.00340. The van der Waals surface area contributed by atoms with Gasteiger partial charge in [-0.15, -0.1) is 11.3 Å². The molecule has 3 aliphatic rings. The maximum absolute atomic E-state index is 14.2. The monoisotopic (exact) mass is 653 g/mol. The van der Waals surface area contributed by atoms with E-state index in [9.17, 15) is 13.6 Å². The van der Waals surface area contributed by atoms with E-state index < -0.39 is 16.7 Å². The molecule has 0 spiro atoms. The number of aromatic nitrogens is 1. The Hall–Kier alpha value is -2.27. The molecule has 1 aromatic heterocycles. The molecule has 6 rings (SSSR count). The first-order valence-electron chi connectivity index (χ1n) is 13.8. The molecule has 0 radical (unpaired) electrons. The van der Waals surface area contributed by atoms with E-state index in [2.05, 4.69) is 10.3 Å². The summed E-state index contributed by atoms with van der Waals surface area (Å²) in [6, 6.07) is 7.94. The maximum atomic E-state index is 14.2. The standard InChI is InChI=1S/C30H28Cl3F2N3O3S/c31-20-3-1-2-16(27(20)32)14-38(18-5-6-18)30(39)26-19(12-17-4-9-23(26)37-17)24-13-36-25(42-24)15-40-10-11-41-29-22(35)8-7-21(34)28(29)33/h1-3,7-8,13,17-18,23,37H,4-6,9-12,14-15H2/t17-,23?/m0/s1. The Balaban J connectivity index is 1.15. The van der Waals surface area contributed by atoms with Crippen LogP contribution in [-0.4, -0.2) is 47.1 Å². The largest absolute Gasteiger partial charge is 0.486 e. The van der Waals surface area contributed by atoms with Crippen LogP contribution >= 0.6 is 46.1 Å². The van der Waals surface area contributed by atoms with Crippen LogP contribution in [0.5, 0.6) is 5.75 Å². The SMILES string of the molecule is O=C(C1=C(c2cnc(COCCOc3c(F)ccc(F)c3Cl)s2)C[C@@H]2CCC1N2)N(Cc1cccc(Cl)c1Cl)C1CC1. The highest BCUT2D eigenvalue weighted by molar-refractivity contribution is 7.12. The second kappa shape index (κ2) is 12.8. The molecule has 1 unspecified atom stereocenters. The highest BCUT2D eigenvalue weighted by Gasteiger charge is 2.42. The third-order valence-corrected chi connectivity index (χ3v) is 10.0. The van der Waals surface area contributed by atoms with Crippen molar-refractivity contribution < 1.29 is 23.0 Å². The van der Waals surface area contributed by atoms with E-state index in [0.717, 1.165) is 70.8 Å². The summed E-state index contributed by atoms with van der Waals surface area (Å²) in [6.07, 6.45) is 6.43. The van der Waals surface area contributed by atoms with Crippen molar-refractivity contribution in [2.24, 2.45) is 0 Å². The highest BCUT2D eigenvalue weighted by atomic mass is 35.5. The summed E-state index contributed by atoms with van der Waals surface area (Å²) in [5, 5.41) is 4.94. The zero-order chi connectivity index (χ0) is 29.4. The summed E-state index contributed by atoms with van der Waals surface area (Å²) < 4.78 is 38.5. The van der Waals surface area contributed by atoms with Crippen molar-refractivity contribution in [2.45, 2.75) is 63.4 Å². The molecule has 3 aromatic rings. The summed E-state index contributed by atoms with van der Waals surface area (Å²) in [6.45, 7) is 0.746. The predicted octanol–water partition coefficient (Wildman–Crippen LogP) is 7.45. The minimum atomic E-state index is -0.753. The van der Waals surface area contributed by atoms with Crippen molar-refractivity contribution in [2.75, 3.05) is 13.2 Å². The molecular weight excluding hydrogens is 627 g/mol. The number of carbonyl (C=O) groups is 1. The van der Waals surface area contributed by atoms with Crippen molar-refractivity contribution in [1.82, 2.24) is 15.2 Å². The number of thiazole rings is 1. The molecule has 1 N–H and O–H groups in total. The number of benzene rings is 2. The van der Waals surface area contributed by atoms with E-state index in [1.807, 2.05) is 23.2 Å². The fourth-order valence-electron chi connectivity index (χ4n) is 5.57. The molecular formula is C30H28Cl3F2N3O3S. The van der Waals surface area contributed by atoms with Gasteiger partial charge in [0.05, 0.1) is 28.1 Å². The first-order valence-corrected chi connectivity index (χ1v) is 15.8. The van der Waals surface area contributed by atoms with Gasteiger partial charge in [-0.25, -0.2) is 13.8 Å². The summed E-state index contributed by atoms with van der Waals surface area (Å²) >= 11 is 20.1. The molecule has 1 saturated heterocycles. The Kier molecular flexibility index (Phi) is 9.05. The van der Waals surface area contributed by atoms with Gasteiger partial charge in [0.2, 0.25) is 0 Å². The van der Waals surface area contributed by atoms with Crippen LogP contribution in [0.1, 0.15) is 47.6 Å². The fourth-order valence-corrected chi connectivity index (χ4v) is 7.08. The second-order valence-corrected chi connectivity index (χ2v) is 12.9. The molecule has 1 aliphatic carbocycles. The lowest BCUT2D eigenvalue weighted by atomic mass is 9.93. The summed E-state index contributed by atoms with van der Waals surface area (Å²) in [7, 11) is 0. The molecule has 6 nitrogen and oxygen atoms in total. The predicted molar refractivity (Wildman–Crippen MR) is 160 cm³/mol. The Morgan fingerprint density at radius 2 is 1.86 bits per heavy atom. The third kappa shape index (κ3) is 6.32. The van der Waals surface area contributed by atoms with Crippen molar-refractivity contribution >= 4 is 57.6 Å². The van der Waals surface area contributed by atoms with Gasteiger partial charge in [-0.1, -0.05) is 46.9 Å². The van der Waals surface area contributed by atoms with Gasteiger partial charge in [-0.2, -0.15) is 0 Å². The molecule has 2 atom stereocenters. The van der Waals surface area contributed by atoms with Crippen LogP contribution in [0.2, 0.25) is 15.1 Å². The molecule has 222 valence electrons. The number of ether oxygens (including phenoxy) is 2. The van der Waals surface area contributed by atoms with Gasteiger partial charge in [0.25, 0.3) is 5.91 Å². The molecule has 42 heavy (non-hydrogen) atoms. The van der Waals surface area contributed by atoms with E-state index in [1.165, 1.54) is 11.3 Å². The number of fused-ring (bicyclic) bond motifs is 2. The van der Waals surface area contributed by atoms with Gasteiger partial charge in [0.15, 0.2) is 11.6 Å². The maximum Gasteiger partial charge on any atom is 0.252 e. The average molecular weight is 655 g/mol. The van der Waals surface area contributed by atoms with Gasteiger partial charge in [0.1, 0.15) is 22.5 Å².